The zero-order valence-electron chi connectivity index (χ0n) is 55.7. The lowest BCUT2D eigenvalue weighted by atomic mass is 9.68. The predicted molar refractivity (Wildman–Crippen MR) is 371 cm³/mol. The average molecular weight is 1310 g/mol. The second-order valence-corrected chi connectivity index (χ2v) is 22.9. The Kier molecular flexibility index (Phi) is 30.3. The Morgan fingerprint density at radius 1 is 0.385 bits per heavy atom. The summed E-state index contributed by atoms with van der Waals surface area (Å²) < 4.78 is 51.5. The molecule has 0 heterocycles. The van der Waals surface area contributed by atoms with E-state index in [1.807, 2.05) is 72.8 Å². The zero-order valence-corrected chi connectivity index (χ0v) is 55.7. The van der Waals surface area contributed by atoms with Gasteiger partial charge in [-0.15, -0.1) is 0 Å². The van der Waals surface area contributed by atoms with E-state index in [1.54, 1.807) is 52.4 Å². The van der Waals surface area contributed by atoms with Crippen molar-refractivity contribution in [3.8, 4) is 34.1 Å². The van der Waals surface area contributed by atoms with Crippen LogP contribution < -0.4 is 18.9 Å². The van der Waals surface area contributed by atoms with Crippen molar-refractivity contribution >= 4 is 35.8 Å². The Labute approximate surface area is 565 Å². The molecule has 4 aliphatic rings. The molecule has 0 aliphatic heterocycles. The molecule has 6 aromatic carbocycles. The molecule has 4 unspecified atom stereocenters. The molecule has 0 amide bonds. The summed E-state index contributed by atoms with van der Waals surface area (Å²) in [7, 11) is 0. The topological polar surface area (TPSA) is 195 Å². The molecule has 96 heavy (non-hydrogen) atoms. The molecule has 0 radical (unpaired) electrons. The van der Waals surface area contributed by atoms with E-state index in [-0.39, 0.29) is 70.2 Å². The molecule has 0 N–H and O–H groups in total. The highest BCUT2D eigenvalue weighted by atomic mass is 16.6. The lowest BCUT2D eigenvalue weighted by molar-refractivity contribution is -0.139. The van der Waals surface area contributed by atoms with Crippen LogP contribution in [0.25, 0.3) is 11.1 Å². The summed E-state index contributed by atoms with van der Waals surface area (Å²) in [6.45, 7) is 30.2. The first-order valence-electron chi connectivity index (χ1n) is 32.4. The van der Waals surface area contributed by atoms with Crippen LogP contribution in [0.15, 0.2) is 222 Å². The number of fused-ring (bicyclic) bond motifs is 8. The fourth-order valence-corrected chi connectivity index (χ4v) is 12.6. The van der Waals surface area contributed by atoms with Gasteiger partial charge in [-0.2, -0.15) is 0 Å². The molecular weight excluding hydrogens is 1220 g/mol. The number of hydrogen-bond acceptors (Lipinski definition) is 16. The lowest BCUT2D eigenvalue weighted by Gasteiger charge is -2.34. The molecule has 0 aromatic heterocycles. The first-order chi connectivity index (χ1) is 46.5. The Hall–Kier alpha value is -10.2. The van der Waals surface area contributed by atoms with Crippen LogP contribution in [-0.2, 0) is 68.0 Å². The first kappa shape index (κ1) is 74.8. The fraction of sp³-hybridized carbons (Fsp3) is 0.325. The monoisotopic (exact) mass is 1310 g/mol. The quantitative estimate of drug-likeness (QED) is 0.0194. The van der Waals surface area contributed by atoms with Crippen molar-refractivity contribution in [1.82, 2.24) is 0 Å². The van der Waals surface area contributed by atoms with E-state index in [1.165, 1.54) is 45.9 Å². The third kappa shape index (κ3) is 21.1. The van der Waals surface area contributed by atoms with Crippen LogP contribution >= 0.6 is 0 Å². The molecule has 16 nitrogen and oxygen atoms in total. The second-order valence-electron chi connectivity index (χ2n) is 22.9. The molecule has 3 fully saturated rings. The largest absolute Gasteiger partial charge is 0.490 e. The normalized spacial score (nSPS) is 15.8. The molecule has 2 bridgehead atoms. The van der Waals surface area contributed by atoms with Gasteiger partial charge in [-0.1, -0.05) is 157 Å². The summed E-state index contributed by atoms with van der Waals surface area (Å²) in [5.41, 5.74) is 8.40. The molecule has 4 atom stereocenters. The van der Waals surface area contributed by atoms with Crippen molar-refractivity contribution in [1.29, 1.82) is 0 Å². The summed E-state index contributed by atoms with van der Waals surface area (Å²) in [6.07, 6.45) is 16.3. The van der Waals surface area contributed by atoms with Gasteiger partial charge in [-0.3, -0.25) is 0 Å². The lowest BCUT2D eigenvalue weighted by Crippen LogP contribution is -2.28. The Morgan fingerprint density at radius 3 is 0.948 bits per heavy atom. The van der Waals surface area contributed by atoms with E-state index in [0.717, 1.165) is 58.7 Å². The first-order valence-corrected chi connectivity index (χ1v) is 32.4. The highest BCUT2D eigenvalue weighted by Gasteiger charge is 2.49. The summed E-state index contributed by atoms with van der Waals surface area (Å²) in [4.78, 5) is 64.7. The number of carbonyl (C=O) groups excluding carboxylic acids is 6. The molecule has 0 spiro atoms. The Bertz CT molecular complexity index is 3320. The van der Waals surface area contributed by atoms with Crippen molar-refractivity contribution in [3.05, 3.63) is 255 Å². The summed E-state index contributed by atoms with van der Waals surface area (Å²) >= 11 is 0. The smallest absolute Gasteiger partial charge is 0.330 e. The standard InChI is InChI=1S/C35H30O6.C25H28O6.C10H16.2C5H8O2/c1-3-33(36)40-23-21-38-27-17-13-25(14-18-27)35(26-15-19-28(20-16-26)39-22-24-41-34(37)4-2)31-11-7-5-9-29(31)30-10-6-8-12-32(30)35;1-5-23(26)30-17-15-28-21-11-7-19(8-12-21)25(3,4)20-9-13-22(14-10-20)29-16-18-31-24(27)6-2;1-2-9-7-4-5-8(6-7)10(9)3-1;2*1-3-5(6)7-4-2/h3-20H,1-2,21-24H2;5-14H,1-2,15-18H2,3-4H3;7-10H,1-6H2;2*3H,1,4H2,2H3. The van der Waals surface area contributed by atoms with Crippen LogP contribution in [-0.4, -0.2) is 102 Å². The van der Waals surface area contributed by atoms with Crippen molar-refractivity contribution in [2.45, 2.75) is 77.0 Å². The highest BCUT2D eigenvalue weighted by molar-refractivity contribution is 5.87. The van der Waals surface area contributed by atoms with Crippen LogP contribution in [0.1, 0.15) is 99.6 Å². The fourth-order valence-electron chi connectivity index (χ4n) is 12.6. The van der Waals surface area contributed by atoms with E-state index in [9.17, 15) is 28.8 Å². The number of rotatable bonds is 28. The molecule has 10 rings (SSSR count). The van der Waals surface area contributed by atoms with Crippen LogP contribution in [0.5, 0.6) is 23.0 Å². The molecule has 16 heteroatoms. The van der Waals surface area contributed by atoms with E-state index in [2.05, 4.69) is 136 Å². The van der Waals surface area contributed by atoms with E-state index in [0.29, 0.717) is 36.2 Å². The maximum absolute atomic E-state index is 11.3. The van der Waals surface area contributed by atoms with E-state index >= 15 is 0 Å². The molecule has 3 saturated carbocycles. The van der Waals surface area contributed by atoms with Gasteiger partial charge < -0.3 is 47.4 Å². The third-order valence-electron chi connectivity index (χ3n) is 17.0. The minimum atomic E-state index is -0.566. The third-order valence-corrected chi connectivity index (χ3v) is 17.0. The molecule has 0 saturated heterocycles. The van der Waals surface area contributed by atoms with Crippen LogP contribution in [0.2, 0.25) is 0 Å². The van der Waals surface area contributed by atoms with Crippen LogP contribution in [0.4, 0.5) is 0 Å². The van der Waals surface area contributed by atoms with Gasteiger partial charge >= 0.3 is 35.8 Å². The summed E-state index contributed by atoms with van der Waals surface area (Å²) in [5.74, 6) is 4.97. The van der Waals surface area contributed by atoms with Gasteiger partial charge in [0.05, 0.1) is 18.6 Å². The molecule has 6 aromatic rings. The number of hydrogen-bond donors (Lipinski definition) is 0. The van der Waals surface area contributed by atoms with E-state index < -0.39 is 29.3 Å². The number of carbonyl (C=O) groups is 6. The summed E-state index contributed by atoms with van der Waals surface area (Å²) in [5, 5.41) is 0. The van der Waals surface area contributed by atoms with Crippen molar-refractivity contribution in [2.24, 2.45) is 23.7 Å². The number of benzene rings is 6. The highest BCUT2D eigenvalue weighted by Crippen LogP contribution is 2.59. The second kappa shape index (κ2) is 38.8. The molecule has 4 aliphatic carbocycles. The van der Waals surface area contributed by atoms with Crippen LogP contribution in [0.3, 0.4) is 0 Å². The number of esters is 6. The van der Waals surface area contributed by atoms with Crippen molar-refractivity contribution in [3.63, 3.8) is 0 Å². The van der Waals surface area contributed by atoms with Gasteiger partial charge in [0.15, 0.2) is 0 Å². The van der Waals surface area contributed by atoms with Gasteiger partial charge in [-0.25, -0.2) is 28.8 Å². The summed E-state index contributed by atoms with van der Waals surface area (Å²) in [6, 6.07) is 48.8. The maximum Gasteiger partial charge on any atom is 0.330 e. The Morgan fingerprint density at radius 2 is 0.667 bits per heavy atom. The van der Waals surface area contributed by atoms with Gasteiger partial charge in [0.2, 0.25) is 0 Å². The predicted octanol–water partition coefficient (Wildman–Crippen LogP) is 14.8. The average Bonchev–Trinajstić information content (AvgIpc) is 1.53. The van der Waals surface area contributed by atoms with Gasteiger partial charge in [0.1, 0.15) is 75.9 Å². The molecule has 506 valence electrons. The van der Waals surface area contributed by atoms with Gasteiger partial charge in [0, 0.05) is 41.9 Å². The minimum absolute atomic E-state index is 0.141. The van der Waals surface area contributed by atoms with Gasteiger partial charge in [0.25, 0.3) is 0 Å². The SMILES string of the molecule is C1CC2C3CCC(C3)C2C1.C=CC(=O)OCC.C=CC(=O)OCC.C=CC(=O)OCCOc1ccc(C(C)(C)c2ccc(OCCOC(=O)C=C)cc2)cc1.C=CC(=O)OCCOc1ccc(C2(c3ccc(OCCOC(=O)C=C)cc3)c3ccccc3-c3ccccc32)cc1. The van der Waals surface area contributed by atoms with Crippen LogP contribution in [0, 0.1) is 23.7 Å². The van der Waals surface area contributed by atoms with Gasteiger partial charge in [-0.05, 0) is 163 Å². The molecular formula is C80H90O16. The van der Waals surface area contributed by atoms with E-state index in [4.69, 9.17) is 37.9 Å². The minimum Gasteiger partial charge on any atom is -0.490 e. The zero-order chi connectivity index (χ0) is 69.3. The van der Waals surface area contributed by atoms with Crippen molar-refractivity contribution in [2.75, 3.05) is 66.1 Å². The Balaban J connectivity index is 0.000000229. The van der Waals surface area contributed by atoms with Crippen molar-refractivity contribution < 1.29 is 76.1 Å². The number of ether oxygens (including phenoxy) is 10. The maximum atomic E-state index is 11.3.